The lowest BCUT2D eigenvalue weighted by molar-refractivity contribution is -0.113. The molecule has 26 heavy (non-hydrogen) atoms. The average molecular weight is 352 g/mol. The summed E-state index contributed by atoms with van der Waals surface area (Å²) < 4.78 is 11.9. The topological polar surface area (TPSA) is 38.7 Å². The highest BCUT2D eigenvalue weighted by molar-refractivity contribution is 5.38. The van der Waals surface area contributed by atoms with E-state index in [0.717, 1.165) is 31.4 Å². The van der Waals surface area contributed by atoms with Crippen LogP contribution in [0.3, 0.4) is 0 Å². The third-order valence-corrected chi connectivity index (χ3v) is 5.67. The molecular formula is C23H28O3. The molecule has 3 heteroatoms. The zero-order valence-electron chi connectivity index (χ0n) is 15.7. The molecule has 0 aromatic heterocycles. The Morgan fingerprint density at radius 2 is 1.92 bits per heavy atom. The molecule has 2 atom stereocenters. The maximum Gasteiger partial charge on any atom is 0.119 e. The van der Waals surface area contributed by atoms with E-state index in [2.05, 4.69) is 37.3 Å². The minimum Gasteiger partial charge on any atom is -0.494 e. The Bertz CT molecular complexity index is 762. The standard InChI is InChI=1S/C23H28O3/c1-3-25-21-8-5-17(6-9-21)12-19-13-18(7-4-16(19)2)22-14-20(24)15-23(26-22)10-11-23/h4-9,13,20,22,24H,3,10-12,14-15H2,1-2H3/t20-,22-/m1/s1. The number of hydrogen-bond acceptors (Lipinski definition) is 3. The Balaban J connectivity index is 1.52. The lowest BCUT2D eigenvalue weighted by Gasteiger charge is -2.34. The Morgan fingerprint density at radius 3 is 2.62 bits per heavy atom. The number of ether oxygens (including phenoxy) is 2. The third-order valence-electron chi connectivity index (χ3n) is 5.67. The van der Waals surface area contributed by atoms with Gasteiger partial charge in [0, 0.05) is 12.8 Å². The molecule has 2 aromatic carbocycles. The molecule has 2 fully saturated rings. The van der Waals surface area contributed by atoms with Crippen molar-refractivity contribution in [1.29, 1.82) is 0 Å². The molecule has 138 valence electrons. The molecule has 1 spiro atoms. The number of benzene rings is 2. The Kier molecular flexibility index (Phi) is 4.76. The van der Waals surface area contributed by atoms with Crippen molar-refractivity contribution in [2.75, 3.05) is 6.61 Å². The maximum atomic E-state index is 10.3. The van der Waals surface area contributed by atoms with Crippen LogP contribution in [0.1, 0.15) is 61.0 Å². The minimum absolute atomic E-state index is 0.0148. The number of aryl methyl sites for hydroxylation is 1. The van der Waals surface area contributed by atoms with E-state index in [0.29, 0.717) is 13.0 Å². The van der Waals surface area contributed by atoms with Crippen molar-refractivity contribution in [3.8, 4) is 5.75 Å². The van der Waals surface area contributed by atoms with Gasteiger partial charge in [0.05, 0.1) is 24.4 Å². The first-order valence-corrected chi connectivity index (χ1v) is 9.74. The van der Waals surface area contributed by atoms with Crippen molar-refractivity contribution in [3.05, 3.63) is 64.7 Å². The van der Waals surface area contributed by atoms with Crippen molar-refractivity contribution < 1.29 is 14.6 Å². The van der Waals surface area contributed by atoms with E-state index in [4.69, 9.17) is 9.47 Å². The molecule has 0 bridgehead atoms. The fourth-order valence-electron chi connectivity index (χ4n) is 4.00. The van der Waals surface area contributed by atoms with Gasteiger partial charge in [-0.1, -0.05) is 30.3 Å². The maximum absolute atomic E-state index is 10.3. The van der Waals surface area contributed by atoms with E-state index in [-0.39, 0.29) is 17.8 Å². The minimum atomic E-state index is -0.243. The summed E-state index contributed by atoms with van der Waals surface area (Å²) in [5.41, 5.74) is 5.04. The predicted molar refractivity (Wildman–Crippen MR) is 103 cm³/mol. The van der Waals surface area contributed by atoms with Crippen LogP contribution >= 0.6 is 0 Å². The molecular weight excluding hydrogens is 324 g/mol. The zero-order chi connectivity index (χ0) is 18.1. The van der Waals surface area contributed by atoms with E-state index < -0.39 is 0 Å². The van der Waals surface area contributed by atoms with Gasteiger partial charge >= 0.3 is 0 Å². The molecule has 1 saturated carbocycles. The second-order valence-corrected chi connectivity index (χ2v) is 7.82. The second kappa shape index (κ2) is 7.05. The van der Waals surface area contributed by atoms with Gasteiger partial charge in [-0.15, -0.1) is 0 Å². The summed E-state index contributed by atoms with van der Waals surface area (Å²) in [5.74, 6) is 0.918. The van der Waals surface area contributed by atoms with Gasteiger partial charge in [0.25, 0.3) is 0 Å². The van der Waals surface area contributed by atoms with Crippen LogP contribution in [0.4, 0.5) is 0 Å². The normalized spacial score (nSPS) is 23.8. The van der Waals surface area contributed by atoms with E-state index in [9.17, 15) is 5.11 Å². The molecule has 2 aromatic rings. The number of aliphatic hydroxyl groups is 1. The van der Waals surface area contributed by atoms with Crippen LogP contribution in [0.15, 0.2) is 42.5 Å². The molecule has 0 amide bonds. The molecule has 4 rings (SSSR count). The zero-order valence-corrected chi connectivity index (χ0v) is 15.7. The van der Waals surface area contributed by atoms with E-state index in [1.165, 1.54) is 22.3 Å². The molecule has 3 nitrogen and oxygen atoms in total. The summed E-state index contributed by atoms with van der Waals surface area (Å²) in [4.78, 5) is 0. The summed E-state index contributed by atoms with van der Waals surface area (Å²) in [5, 5.41) is 10.3. The van der Waals surface area contributed by atoms with Gasteiger partial charge < -0.3 is 14.6 Å². The molecule has 1 heterocycles. The molecule has 0 unspecified atom stereocenters. The lowest BCUT2D eigenvalue weighted by Crippen LogP contribution is -2.32. The Morgan fingerprint density at radius 1 is 1.15 bits per heavy atom. The number of aliphatic hydroxyl groups excluding tert-OH is 1. The van der Waals surface area contributed by atoms with Crippen molar-refractivity contribution in [1.82, 2.24) is 0 Å². The first-order valence-electron chi connectivity index (χ1n) is 9.74. The van der Waals surface area contributed by atoms with Gasteiger partial charge in [-0.05, 0) is 67.5 Å². The molecule has 2 aliphatic rings. The fourth-order valence-corrected chi connectivity index (χ4v) is 4.00. The summed E-state index contributed by atoms with van der Waals surface area (Å²) in [6.07, 6.45) is 4.35. The van der Waals surface area contributed by atoms with Crippen molar-refractivity contribution >= 4 is 0 Å². The van der Waals surface area contributed by atoms with Crippen molar-refractivity contribution in [2.45, 2.75) is 63.8 Å². The highest BCUT2D eigenvalue weighted by Gasteiger charge is 2.50. The van der Waals surface area contributed by atoms with Gasteiger partial charge in [-0.3, -0.25) is 0 Å². The Labute approximate surface area is 156 Å². The van der Waals surface area contributed by atoms with Crippen molar-refractivity contribution in [2.24, 2.45) is 0 Å². The van der Waals surface area contributed by atoms with Crippen LogP contribution in [0.25, 0.3) is 0 Å². The number of hydrogen-bond donors (Lipinski definition) is 1. The van der Waals surface area contributed by atoms with Gasteiger partial charge in [0.1, 0.15) is 5.75 Å². The van der Waals surface area contributed by atoms with Crippen LogP contribution < -0.4 is 4.74 Å². The van der Waals surface area contributed by atoms with Crippen LogP contribution in [-0.2, 0) is 11.2 Å². The summed E-state index contributed by atoms with van der Waals surface area (Å²) in [6, 6.07) is 15.0. The molecule has 0 radical (unpaired) electrons. The van der Waals surface area contributed by atoms with E-state index in [1.54, 1.807) is 0 Å². The number of rotatable bonds is 5. The van der Waals surface area contributed by atoms with Crippen LogP contribution in [0, 0.1) is 6.92 Å². The van der Waals surface area contributed by atoms with Gasteiger partial charge in [0.2, 0.25) is 0 Å². The molecule has 1 aliphatic heterocycles. The molecule has 1 N–H and O–H groups in total. The van der Waals surface area contributed by atoms with Crippen LogP contribution in [-0.4, -0.2) is 23.4 Å². The molecule has 1 saturated heterocycles. The molecule has 1 aliphatic carbocycles. The smallest absolute Gasteiger partial charge is 0.119 e. The highest BCUT2D eigenvalue weighted by atomic mass is 16.5. The van der Waals surface area contributed by atoms with Crippen molar-refractivity contribution in [3.63, 3.8) is 0 Å². The fraction of sp³-hybridized carbons (Fsp3) is 0.478. The third kappa shape index (κ3) is 3.79. The Hall–Kier alpha value is -1.84. The first kappa shape index (κ1) is 17.6. The van der Waals surface area contributed by atoms with Gasteiger partial charge in [-0.25, -0.2) is 0 Å². The highest BCUT2D eigenvalue weighted by Crippen LogP contribution is 2.51. The second-order valence-electron chi connectivity index (χ2n) is 7.82. The van der Waals surface area contributed by atoms with Crippen LogP contribution in [0.5, 0.6) is 5.75 Å². The lowest BCUT2D eigenvalue weighted by atomic mass is 9.91. The SMILES string of the molecule is CCOc1ccc(Cc2cc([C@H]3C[C@@H](O)CC4(CC4)O3)ccc2C)cc1. The first-order chi connectivity index (χ1) is 12.6. The predicted octanol–water partition coefficient (Wildman–Crippen LogP) is 4.73. The summed E-state index contributed by atoms with van der Waals surface area (Å²) in [7, 11) is 0. The summed E-state index contributed by atoms with van der Waals surface area (Å²) in [6.45, 7) is 4.85. The van der Waals surface area contributed by atoms with E-state index in [1.807, 2.05) is 19.1 Å². The average Bonchev–Trinajstić information content (AvgIpc) is 3.36. The van der Waals surface area contributed by atoms with E-state index >= 15 is 0 Å². The quantitative estimate of drug-likeness (QED) is 0.845. The van der Waals surface area contributed by atoms with Gasteiger partial charge in [0.15, 0.2) is 0 Å². The monoisotopic (exact) mass is 352 g/mol. The summed E-state index contributed by atoms with van der Waals surface area (Å²) >= 11 is 0. The largest absolute Gasteiger partial charge is 0.494 e. The van der Waals surface area contributed by atoms with Crippen LogP contribution in [0.2, 0.25) is 0 Å². The van der Waals surface area contributed by atoms with Gasteiger partial charge in [-0.2, -0.15) is 0 Å².